The minimum atomic E-state index is -3.72. The zero-order valence-corrected chi connectivity index (χ0v) is 13.5. The first-order chi connectivity index (χ1) is 9.82. The highest BCUT2D eigenvalue weighted by atomic mass is 32.2. The first-order valence-corrected chi connectivity index (χ1v) is 8.80. The van der Waals surface area contributed by atoms with Crippen LogP contribution in [0.5, 0.6) is 0 Å². The van der Waals surface area contributed by atoms with Crippen molar-refractivity contribution < 1.29 is 13.2 Å². The highest BCUT2D eigenvalue weighted by Gasteiger charge is 2.36. The van der Waals surface area contributed by atoms with Crippen molar-refractivity contribution in [2.75, 3.05) is 13.1 Å². The second-order valence-corrected chi connectivity index (χ2v) is 8.26. The molecule has 2 heterocycles. The summed E-state index contributed by atoms with van der Waals surface area (Å²) in [5.74, 6) is 0.490. The van der Waals surface area contributed by atoms with Crippen LogP contribution < -0.4 is 0 Å². The van der Waals surface area contributed by atoms with Crippen LogP contribution in [0.2, 0.25) is 0 Å². The van der Waals surface area contributed by atoms with Gasteiger partial charge in [0.2, 0.25) is 15.7 Å². The first-order valence-electron chi connectivity index (χ1n) is 7.26. The van der Waals surface area contributed by atoms with Gasteiger partial charge in [-0.05, 0) is 37.3 Å². The van der Waals surface area contributed by atoms with Crippen molar-refractivity contribution in [1.82, 2.24) is 9.88 Å². The molecule has 0 radical (unpaired) electrons. The third-order valence-corrected chi connectivity index (χ3v) is 5.88. The van der Waals surface area contributed by atoms with E-state index in [0.717, 1.165) is 6.42 Å². The third kappa shape index (κ3) is 3.43. The van der Waals surface area contributed by atoms with Crippen LogP contribution in [-0.4, -0.2) is 42.5 Å². The first kappa shape index (κ1) is 15.9. The number of piperidine rings is 1. The van der Waals surface area contributed by atoms with Gasteiger partial charge in [-0.25, -0.2) is 13.4 Å². The molecule has 21 heavy (non-hydrogen) atoms. The van der Waals surface area contributed by atoms with E-state index in [-0.39, 0.29) is 10.9 Å². The predicted octanol–water partition coefficient (Wildman–Crippen LogP) is 1.75. The Bertz CT molecular complexity index is 591. The molecule has 1 aliphatic rings. The number of hydrogen-bond donors (Lipinski definition) is 0. The lowest BCUT2D eigenvalue weighted by molar-refractivity contribution is -0.133. The quantitative estimate of drug-likeness (QED) is 0.853. The van der Waals surface area contributed by atoms with Crippen LogP contribution in [-0.2, 0) is 14.6 Å². The van der Waals surface area contributed by atoms with Crippen LogP contribution in [0.4, 0.5) is 0 Å². The fraction of sp³-hybridized carbons (Fsp3) is 0.600. The number of aromatic nitrogens is 1. The molecule has 2 rings (SSSR count). The van der Waals surface area contributed by atoms with Gasteiger partial charge in [0.1, 0.15) is 5.25 Å². The monoisotopic (exact) mass is 310 g/mol. The van der Waals surface area contributed by atoms with Gasteiger partial charge in [-0.15, -0.1) is 0 Å². The second-order valence-electron chi connectivity index (χ2n) is 6.04. The van der Waals surface area contributed by atoms with Crippen molar-refractivity contribution in [1.29, 1.82) is 0 Å². The highest BCUT2D eigenvalue weighted by Crippen LogP contribution is 2.23. The Morgan fingerprint density at radius 2 is 1.90 bits per heavy atom. The van der Waals surface area contributed by atoms with Gasteiger partial charge in [0.25, 0.3) is 0 Å². The highest BCUT2D eigenvalue weighted by molar-refractivity contribution is 7.92. The van der Waals surface area contributed by atoms with Gasteiger partial charge >= 0.3 is 0 Å². The summed E-state index contributed by atoms with van der Waals surface area (Å²) < 4.78 is 24.9. The summed E-state index contributed by atoms with van der Waals surface area (Å²) in [5, 5.41) is -1.13. The number of nitrogens with zero attached hydrogens (tertiary/aromatic N) is 2. The molecule has 6 heteroatoms. The normalized spacial score (nSPS) is 24.6. The third-order valence-electron chi connectivity index (χ3n) is 3.92. The van der Waals surface area contributed by atoms with Gasteiger partial charge in [-0.2, -0.15) is 0 Å². The molecule has 1 fully saturated rings. The summed E-state index contributed by atoms with van der Waals surface area (Å²) in [4.78, 5) is 18.1. The van der Waals surface area contributed by atoms with Crippen LogP contribution in [0.3, 0.4) is 0 Å². The zero-order chi connectivity index (χ0) is 15.6. The maximum absolute atomic E-state index is 12.5. The van der Waals surface area contributed by atoms with Crippen molar-refractivity contribution in [3.8, 4) is 0 Å². The molecule has 0 aromatic carbocycles. The summed E-state index contributed by atoms with van der Waals surface area (Å²) in [6.45, 7) is 6.90. The van der Waals surface area contributed by atoms with Gasteiger partial charge in [0, 0.05) is 19.3 Å². The van der Waals surface area contributed by atoms with Crippen LogP contribution in [0.15, 0.2) is 29.4 Å². The van der Waals surface area contributed by atoms with Crippen molar-refractivity contribution in [3.05, 3.63) is 24.4 Å². The Morgan fingerprint density at radius 3 is 2.43 bits per heavy atom. The van der Waals surface area contributed by atoms with Crippen molar-refractivity contribution in [2.24, 2.45) is 11.8 Å². The lowest BCUT2D eigenvalue weighted by Gasteiger charge is -2.36. The van der Waals surface area contributed by atoms with E-state index in [1.165, 1.54) is 19.2 Å². The average Bonchev–Trinajstić information content (AvgIpc) is 2.45. The molecule has 1 aromatic heterocycles. The fourth-order valence-corrected chi connectivity index (χ4v) is 4.18. The van der Waals surface area contributed by atoms with E-state index in [0.29, 0.717) is 24.9 Å². The number of pyridine rings is 1. The lowest BCUT2D eigenvalue weighted by atomic mass is 9.92. The molecule has 0 bridgehead atoms. The molecule has 0 saturated carbocycles. The molecule has 0 N–H and O–H groups in total. The SMILES string of the molecule is C[C@@H]1C[C@H](C)CN(C(=O)[C@H](C)S(=O)(=O)c2ccccn2)C1. The summed E-state index contributed by atoms with van der Waals surface area (Å²) >= 11 is 0. The number of carbonyl (C=O) groups is 1. The number of likely N-dealkylation sites (tertiary alicyclic amines) is 1. The van der Waals surface area contributed by atoms with Gasteiger partial charge < -0.3 is 4.90 Å². The maximum atomic E-state index is 12.5. The molecule has 0 spiro atoms. The summed E-state index contributed by atoms with van der Waals surface area (Å²) in [6.07, 6.45) is 2.50. The van der Waals surface area contributed by atoms with Crippen molar-refractivity contribution >= 4 is 15.7 Å². The molecule has 0 unspecified atom stereocenters. The van der Waals surface area contributed by atoms with Crippen LogP contribution in [0, 0.1) is 11.8 Å². The molecule has 0 aliphatic carbocycles. The molecule has 116 valence electrons. The van der Waals surface area contributed by atoms with E-state index in [4.69, 9.17) is 0 Å². The van der Waals surface area contributed by atoms with E-state index in [1.807, 2.05) is 0 Å². The Balaban J connectivity index is 2.19. The Morgan fingerprint density at radius 1 is 1.29 bits per heavy atom. The predicted molar refractivity (Wildman–Crippen MR) is 80.4 cm³/mol. The standard InChI is InChI=1S/C15H22N2O3S/c1-11-8-12(2)10-17(9-11)15(18)13(3)21(19,20)14-6-4-5-7-16-14/h4-7,11-13H,8-10H2,1-3H3/t11-,12+,13-/m0/s1. The molecular formula is C15H22N2O3S. The van der Waals surface area contributed by atoms with E-state index >= 15 is 0 Å². The summed E-state index contributed by atoms with van der Waals surface area (Å²) in [7, 11) is -3.72. The minimum absolute atomic E-state index is 0.0380. The topological polar surface area (TPSA) is 67.3 Å². The fourth-order valence-electron chi connectivity index (χ4n) is 2.93. The molecule has 1 amide bonds. The lowest BCUT2D eigenvalue weighted by Crippen LogP contribution is -2.48. The second kappa shape index (κ2) is 6.13. The van der Waals surface area contributed by atoms with Gasteiger partial charge in [0.05, 0.1) is 0 Å². The van der Waals surface area contributed by atoms with Gasteiger partial charge in [-0.1, -0.05) is 19.9 Å². The van der Waals surface area contributed by atoms with Crippen molar-refractivity contribution in [3.63, 3.8) is 0 Å². The van der Waals surface area contributed by atoms with E-state index in [2.05, 4.69) is 18.8 Å². The van der Waals surface area contributed by atoms with Crippen molar-refractivity contribution in [2.45, 2.75) is 37.5 Å². The molecule has 1 saturated heterocycles. The van der Waals surface area contributed by atoms with Crippen LogP contribution in [0.1, 0.15) is 27.2 Å². The smallest absolute Gasteiger partial charge is 0.241 e. The average molecular weight is 310 g/mol. The van der Waals surface area contributed by atoms with Gasteiger partial charge in [-0.3, -0.25) is 4.79 Å². The Kier molecular flexibility index (Phi) is 4.66. The van der Waals surface area contributed by atoms with Gasteiger partial charge in [0.15, 0.2) is 5.03 Å². The number of carbonyl (C=O) groups excluding carboxylic acids is 1. The van der Waals surface area contributed by atoms with Crippen LogP contribution >= 0.6 is 0 Å². The number of amides is 1. The van der Waals surface area contributed by atoms with E-state index in [9.17, 15) is 13.2 Å². The largest absolute Gasteiger partial charge is 0.341 e. The zero-order valence-electron chi connectivity index (χ0n) is 12.7. The molecule has 1 aromatic rings. The van der Waals surface area contributed by atoms with E-state index < -0.39 is 15.1 Å². The molecule has 1 aliphatic heterocycles. The van der Waals surface area contributed by atoms with Crippen LogP contribution in [0.25, 0.3) is 0 Å². The Labute approximate surface area is 126 Å². The summed E-state index contributed by atoms with van der Waals surface area (Å²) in [5.41, 5.74) is 0. The minimum Gasteiger partial charge on any atom is -0.341 e. The maximum Gasteiger partial charge on any atom is 0.241 e. The number of sulfone groups is 1. The number of rotatable bonds is 3. The van der Waals surface area contributed by atoms with E-state index in [1.54, 1.807) is 17.0 Å². The number of hydrogen-bond acceptors (Lipinski definition) is 4. The molecule has 3 atom stereocenters. The molecule has 5 nitrogen and oxygen atoms in total. The Hall–Kier alpha value is -1.43. The molecular weight excluding hydrogens is 288 g/mol. The summed E-state index contributed by atoms with van der Waals surface area (Å²) in [6, 6.07) is 4.70.